The van der Waals surface area contributed by atoms with Crippen molar-refractivity contribution in [1.82, 2.24) is 9.78 Å². The first-order chi connectivity index (χ1) is 7.04. The Morgan fingerprint density at radius 2 is 2.33 bits per heavy atom. The van der Waals surface area contributed by atoms with Crippen molar-refractivity contribution >= 4 is 5.69 Å². The third-order valence-electron chi connectivity index (χ3n) is 2.21. The van der Waals surface area contributed by atoms with E-state index in [1.807, 2.05) is 18.9 Å². The van der Waals surface area contributed by atoms with Crippen molar-refractivity contribution in [1.29, 1.82) is 0 Å². The first-order valence-electron chi connectivity index (χ1n) is 5.01. The van der Waals surface area contributed by atoms with E-state index in [9.17, 15) is 4.79 Å². The predicted molar refractivity (Wildman–Crippen MR) is 59.1 cm³/mol. The smallest absolute Gasteiger partial charge is 0.268 e. The molecule has 1 heterocycles. The zero-order valence-corrected chi connectivity index (χ0v) is 9.34. The number of aromatic nitrogens is 2. The van der Waals surface area contributed by atoms with Gasteiger partial charge in [-0.2, -0.15) is 5.10 Å². The molecule has 1 rings (SSSR count). The zero-order chi connectivity index (χ0) is 11.4. The van der Waals surface area contributed by atoms with Gasteiger partial charge in [0, 0.05) is 19.7 Å². The quantitative estimate of drug-likeness (QED) is 0.766. The fourth-order valence-corrected chi connectivity index (χ4v) is 1.20. The molecule has 15 heavy (non-hydrogen) atoms. The standard InChI is InChI=1S/C10H17N3O2/c1-4-12(3)9-5-10(15)13(11-6-9)7-8(2)14/h5-6,8,14H,4,7H2,1-3H3/t8-/m1/s1. The van der Waals surface area contributed by atoms with Crippen molar-refractivity contribution in [3.63, 3.8) is 0 Å². The maximum absolute atomic E-state index is 11.6. The second-order valence-corrected chi connectivity index (χ2v) is 3.60. The summed E-state index contributed by atoms with van der Waals surface area (Å²) in [7, 11) is 1.90. The summed E-state index contributed by atoms with van der Waals surface area (Å²) < 4.78 is 1.26. The Bertz CT molecular complexity index is 373. The summed E-state index contributed by atoms with van der Waals surface area (Å²) in [6.45, 7) is 4.68. The van der Waals surface area contributed by atoms with E-state index in [2.05, 4.69) is 5.10 Å². The average Bonchev–Trinajstić information content (AvgIpc) is 2.19. The normalized spacial score (nSPS) is 12.5. The summed E-state index contributed by atoms with van der Waals surface area (Å²) in [4.78, 5) is 13.5. The molecule has 5 nitrogen and oxygen atoms in total. The highest BCUT2D eigenvalue weighted by Gasteiger charge is 2.04. The highest BCUT2D eigenvalue weighted by atomic mass is 16.3. The van der Waals surface area contributed by atoms with E-state index in [0.29, 0.717) is 0 Å². The van der Waals surface area contributed by atoms with Crippen LogP contribution in [0.2, 0.25) is 0 Å². The van der Waals surface area contributed by atoms with Gasteiger partial charge in [-0.05, 0) is 13.8 Å². The van der Waals surface area contributed by atoms with E-state index in [4.69, 9.17) is 5.11 Å². The molecule has 1 N–H and O–H groups in total. The van der Waals surface area contributed by atoms with Crippen LogP contribution < -0.4 is 10.5 Å². The van der Waals surface area contributed by atoms with Crippen LogP contribution >= 0.6 is 0 Å². The molecule has 0 saturated heterocycles. The SMILES string of the molecule is CCN(C)c1cnn(C[C@@H](C)O)c(=O)c1. The van der Waals surface area contributed by atoms with Crippen LogP contribution in [0.1, 0.15) is 13.8 Å². The number of aliphatic hydroxyl groups excluding tert-OH is 1. The van der Waals surface area contributed by atoms with Gasteiger partial charge < -0.3 is 10.0 Å². The molecule has 1 atom stereocenters. The third kappa shape index (κ3) is 3.06. The second kappa shape index (κ2) is 4.93. The van der Waals surface area contributed by atoms with E-state index in [-0.39, 0.29) is 12.1 Å². The zero-order valence-electron chi connectivity index (χ0n) is 9.34. The Morgan fingerprint density at radius 3 is 2.80 bits per heavy atom. The molecule has 0 fully saturated rings. The van der Waals surface area contributed by atoms with Gasteiger partial charge >= 0.3 is 0 Å². The summed E-state index contributed by atoms with van der Waals surface area (Å²) in [5.74, 6) is 0. The van der Waals surface area contributed by atoms with Crippen molar-refractivity contribution in [3.8, 4) is 0 Å². The molecule has 84 valence electrons. The van der Waals surface area contributed by atoms with E-state index in [1.165, 1.54) is 10.7 Å². The molecule has 1 aromatic heterocycles. The van der Waals surface area contributed by atoms with Gasteiger partial charge in [-0.15, -0.1) is 0 Å². The third-order valence-corrected chi connectivity index (χ3v) is 2.21. The van der Waals surface area contributed by atoms with E-state index in [0.717, 1.165) is 12.2 Å². The summed E-state index contributed by atoms with van der Waals surface area (Å²) in [5, 5.41) is 13.1. The van der Waals surface area contributed by atoms with E-state index in [1.54, 1.807) is 13.1 Å². The minimum Gasteiger partial charge on any atom is -0.391 e. The van der Waals surface area contributed by atoms with Crippen LogP contribution in [0.4, 0.5) is 5.69 Å². The molecule has 0 bridgehead atoms. The average molecular weight is 211 g/mol. The van der Waals surface area contributed by atoms with Crippen LogP contribution in [-0.2, 0) is 6.54 Å². The molecular formula is C10H17N3O2. The van der Waals surface area contributed by atoms with Crippen LogP contribution in [0.15, 0.2) is 17.1 Å². The Morgan fingerprint density at radius 1 is 1.67 bits per heavy atom. The molecule has 0 aliphatic heterocycles. The van der Waals surface area contributed by atoms with E-state index >= 15 is 0 Å². The molecule has 0 spiro atoms. The minimum atomic E-state index is -0.565. The summed E-state index contributed by atoms with van der Waals surface area (Å²) in [6, 6.07) is 1.53. The maximum Gasteiger partial charge on any atom is 0.268 e. The molecule has 0 aliphatic carbocycles. The number of aliphatic hydroxyl groups is 1. The lowest BCUT2D eigenvalue weighted by Crippen LogP contribution is -2.28. The molecular weight excluding hydrogens is 194 g/mol. The van der Waals surface area contributed by atoms with Crippen molar-refractivity contribution in [3.05, 3.63) is 22.6 Å². The number of rotatable bonds is 4. The van der Waals surface area contributed by atoms with Crippen LogP contribution in [0.3, 0.4) is 0 Å². The van der Waals surface area contributed by atoms with Gasteiger partial charge in [-0.25, -0.2) is 4.68 Å². The summed E-state index contributed by atoms with van der Waals surface area (Å²) in [5.41, 5.74) is 0.609. The van der Waals surface area contributed by atoms with Crippen LogP contribution in [-0.4, -0.2) is 34.6 Å². The highest BCUT2D eigenvalue weighted by Crippen LogP contribution is 2.05. The van der Waals surface area contributed by atoms with Crippen molar-refractivity contribution in [2.24, 2.45) is 0 Å². The van der Waals surface area contributed by atoms with Gasteiger partial charge in [-0.3, -0.25) is 4.79 Å². The van der Waals surface area contributed by atoms with Gasteiger partial charge in [0.25, 0.3) is 5.56 Å². The summed E-state index contributed by atoms with van der Waals surface area (Å²) in [6.07, 6.45) is 1.07. The number of hydrogen-bond donors (Lipinski definition) is 1. The molecule has 0 aromatic carbocycles. The minimum absolute atomic E-state index is 0.186. The Balaban J connectivity index is 2.93. The lowest BCUT2D eigenvalue weighted by Gasteiger charge is -2.16. The first-order valence-corrected chi connectivity index (χ1v) is 5.01. The van der Waals surface area contributed by atoms with Gasteiger partial charge in [0.15, 0.2) is 0 Å². The predicted octanol–water partition coefficient (Wildman–Crippen LogP) is 0.0802. The van der Waals surface area contributed by atoms with Crippen molar-refractivity contribution in [2.75, 3.05) is 18.5 Å². The Kier molecular flexibility index (Phi) is 3.85. The Labute approximate surface area is 89.0 Å². The highest BCUT2D eigenvalue weighted by molar-refractivity contribution is 5.41. The van der Waals surface area contributed by atoms with Gasteiger partial charge in [0.05, 0.1) is 24.5 Å². The topological polar surface area (TPSA) is 58.4 Å². The fourth-order valence-electron chi connectivity index (χ4n) is 1.20. The lowest BCUT2D eigenvalue weighted by atomic mass is 10.4. The monoisotopic (exact) mass is 211 g/mol. The summed E-state index contributed by atoms with van der Waals surface area (Å²) >= 11 is 0. The molecule has 1 aromatic rings. The first kappa shape index (κ1) is 11.7. The largest absolute Gasteiger partial charge is 0.391 e. The van der Waals surface area contributed by atoms with Gasteiger partial charge in [0.2, 0.25) is 0 Å². The second-order valence-electron chi connectivity index (χ2n) is 3.60. The van der Waals surface area contributed by atoms with Crippen LogP contribution in [0.25, 0.3) is 0 Å². The number of nitrogens with zero attached hydrogens (tertiary/aromatic N) is 3. The van der Waals surface area contributed by atoms with Crippen molar-refractivity contribution < 1.29 is 5.11 Å². The lowest BCUT2D eigenvalue weighted by molar-refractivity contribution is 0.166. The number of hydrogen-bond acceptors (Lipinski definition) is 4. The molecule has 0 aliphatic rings. The van der Waals surface area contributed by atoms with Crippen LogP contribution in [0.5, 0.6) is 0 Å². The molecule has 0 unspecified atom stereocenters. The molecule has 0 saturated carbocycles. The fraction of sp³-hybridized carbons (Fsp3) is 0.600. The van der Waals surface area contributed by atoms with Gasteiger partial charge in [0.1, 0.15) is 0 Å². The van der Waals surface area contributed by atoms with Gasteiger partial charge in [-0.1, -0.05) is 0 Å². The maximum atomic E-state index is 11.6. The Hall–Kier alpha value is -1.36. The van der Waals surface area contributed by atoms with Crippen LogP contribution in [0, 0.1) is 0 Å². The van der Waals surface area contributed by atoms with Crippen molar-refractivity contribution in [2.45, 2.75) is 26.5 Å². The molecule has 5 heteroatoms. The molecule has 0 amide bonds. The van der Waals surface area contributed by atoms with E-state index < -0.39 is 6.10 Å². The molecule has 0 radical (unpaired) electrons. The number of anilines is 1.